The Morgan fingerprint density at radius 1 is 1.14 bits per heavy atom. The number of carbonyl (C=O) groups excluding carboxylic acids is 2. The number of benzene rings is 1. The minimum absolute atomic E-state index is 0.0108. The molecule has 1 aliphatic heterocycles. The van der Waals surface area contributed by atoms with Crippen molar-refractivity contribution in [1.82, 2.24) is 0 Å². The van der Waals surface area contributed by atoms with E-state index in [4.69, 9.17) is 0 Å². The Morgan fingerprint density at radius 3 is 2.24 bits per heavy atom. The molecule has 1 aromatic carbocycles. The van der Waals surface area contributed by atoms with Gasteiger partial charge in [0, 0.05) is 0 Å². The second-order valence-electron chi connectivity index (χ2n) is 5.44. The van der Waals surface area contributed by atoms with Gasteiger partial charge in [0.05, 0.1) is 23.1 Å². The monoisotopic (exact) mass is 285 g/mol. The van der Waals surface area contributed by atoms with Crippen LogP contribution in [0.2, 0.25) is 0 Å². The molecule has 1 aliphatic carbocycles. The van der Waals surface area contributed by atoms with Crippen molar-refractivity contribution in [1.29, 1.82) is 0 Å². The van der Waals surface area contributed by atoms with Gasteiger partial charge in [0.25, 0.3) is 0 Å². The van der Waals surface area contributed by atoms with Crippen molar-refractivity contribution in [2.75, 3.05) is 4.90 Å². The summed E-state index contributed by atoms with van der Waals surface area (Å²) in [6.07, 6.45) is 4.90. The number of rotatable bonds is 2. The summed E-state index contributed by atoms with van der Waals surface area (Å²) in [5.41, 5.74) is 0.820. The van der Waals surface area contributed by atoms with Gasteiger partial charge in [-0.3, -0.25) is 9.59 Å². The predicted molar refractivity (Wildman–Crippen MR) is 76.0 cm³/mol. The van der Waals surface area contributed by atoms with Gasteiger partial charge in [0.15, 0.2) is 0 Å². The van der Waals surface area contributed by atoms with Gasteiger partial charge in [-0.05, 0) is 31.4 Å². The van der Waals surface area contributed by atoms with Crippen LogP contribution in [0.3, 0.4) is 0 Å². The van der Waals surface area contributed by atoms with Gasteiger partial charge in [-0.25, -0.2) is 9.69 Å². The molecule has 2 amide bonds. The van der Waals surface area contributed by atoms with Crippen molar-refractivity contribution in [2.24, 2.45) is 11.8 Å². The van der Waals surface area contributed by atoms with E-state index in [1.165, 1.54) is 6.07 Å². The van der Waals surface area contributed by atoms with Crippen molar-refractivity contribution < 1.29 is 19.5 Å². The first-order valence-electron chi connectivity index (χ1n) is 6.88. The number of carboxylic acids is 1. The Morgan fingerprint density at radius 2 is 1.71 bits per heavy atom. The lowest BCUT2D eigenvalue weighted by Gasteiger charge is -2.19. The Hall–Kier alpha value is -2.43. The van der Waals surface area contributed by atoms with Crippen molar-refractivity contribution in [3.8, 4) is 0 Å². The Balaban J connectivity index is 2.12. The summed E-state index contributed by atoms with van der Waals surface area (Å²) in [5.74, 6) is -2.42. The van der Waals surface area contributed by atoms with Crippen molar-refractivity contribution in [3.63, 3.8) is 0 Å². The van der Waals surface area contributed by atoms with Crippen molar-refractivity contribution in [3.05, 3.63) is 41.5 Å². The lowest BCUT2D eigenvalue weighted by Crippen LogP contribution is -2.33. The van der Waals surface area contributed by atoms with Crippen LogP contribution in [0.15, 0.2) is 30.4 Å². The van der Waals surface area contributed by atoms with Gasteiger partial charge in [-0.1, -0.05) is 24.3 Å². The van der Waals surface area contributed by atoms with E-state index in [1.54, 1.807) is 19.1 Å². The number of carboxylic acid groups (broad SMARTS) is 1. The number of anilines is 1. The van der Waals surface area contributed by atoms with Gasteiger partial charge < -0.3 is 5.11 Å². The zero-order valence-electron chi connectivity index (χ0n) is 11.6. The van der Waals surface area contributed by atoms with Crippen LogP contribution < -0.4 is 4.90 Å². The van der Waals surface area contributed by atoms with E-state index < -0.39 is 5.97 Å². The molecule has 0 radical (unpaired) electrons. The molecule has 5 nitrogen and oxygen atoms in total. The number of allylic oxidation sites excluding steroid dienone is 2. The first-order valence-corrected chi connectivity index (χ1v) is 6.88. The molecule has 0 bridgehead atoms. The van der Waals surface area contributed by atoms with Crippen LogP contribution in [0.1, 0.15) is 28.8 Å². The summed E-state index contributed by atoms with van der Waals surface area (Å²) in [4.78, 5) is 37.6. The van der Waals surface area contributed by atoms with E-state index in [2.05, 4.69) is 0 Å². The number of para-hydroxylation sites is 1. The molecule has 1 N–H and O–H groups in total. The molecular weight excluding hydrogens is 270 g/mol. The van der Waals surface area contributed by atoms with E-state index in [0.717, 1.165) is 4.90 Å². The van der Waals surface area contributed by atoms with Gasteiger partial charge in [-0.15, -0.1) is 0 Å². The van der Waals surface area contributed by atoms with Crippen LogP contribution in [0.4, 0.5) is 5.69 Å². The fraction of sp³-hybridized carbons (Fsp3) is 0.312. The molecule has 0 saturated carbocycles. The molecule has 5 heteroatoms. The molecule has 1 aromatic rings. The van der Waals surface area contributed by atoms with Gasteiger partial charge in [0.2, 0.25) is 11.8 Å². The molecule has 0 aromatic heterocycles. The maximum atomic E-state index is 12.6. The summed E-state index contributed by atoms with van der Waals surface area (Å²) in [6, 6.07) is 4.75. The second kappa shape index (κ2) is 4.84. The highest BCUT2D eigenvalue weighted by atomic mass is 16.4. The molecule has 0 unspecified atom stereocenters. The minimum atomic E-state index is -1.14. The first kappa shape index (κ1) is 13.5. The van der Waals surface area contributed by atoms with Gasteiger partial charge in [-0.2, -0.15) is 0 Å². The molecule has 108 valence electrons. The molecule has 1 fully saturated rings. The molecule has 0 spiro atoms. The van der Waals surface area contributed by atoms with Gasteiger partial charge >= 0.3 is 5.97 Å². The molecule has 2 atom stereocenters. The number of aryl methyl sites for hydroxylation is 1. The van der Waals surface area contributed by atoms with E-state index >= 15 is 0 Å². The number of amides is 2. The highest BCUT2D eigenvalue weighted by Crippen LogP contribution is 2.39. The smallest absolute Gasteiger partial charge is 0.337 e. The fourth-order valence-electron chi connectivity index (χ4n) is 3.15. The molecule has 2 aliphatic rings. The third-order valence-corrected chi connectivity index (χ3v) is 4.20. The number of aromatic carboxylic acids is 1. The molecule has 3 rings (SSSR count). The molecule has 1 saturated heterocycles. The summed E-state index contributed by atoms with van der Waals surface area (Å²) >= 11 is 0. The van der Waals surface area contributed by atoms with Crippen LogP contribution in [0, 0.1) is 18.8 Å². The lowest BCUT2D eigenvalue weighted by atomic mass is 9.85. The van der Waals surface area contributed by atoms with E-state index in [0.29, 0.717) is 18.4 Å². The highest BCUT2D eigenvalue weighted by Gasteiger charge is 2.49. The van der Waals surface area contributed by atoms with Gasteiger partial charge in [0.1, 0.15) is 0 Å². The molecular formula is C16H15NO4. The minimum Gasteiger partial charge on any atom is -0.478 e. The van der Waals surface area contributed by atoms with Crippen molar-refractivity contribution in [2.45, 2.75) is 19.8 Å². The number of hydrogen-bond acceptors (Lipinski definition) is 3. The third-order valence-electron chi connectivity index (χ3n) is 4.20. The van der Waals surface area contributed by atoms with E-state index in [1.807, 2.05) is 12.2 Å². The van der Waals surface area contributed by atoms with Crippen LogP contribution in [-0.2, 0) is 9.59 Å². The quantitative estimate of drug-likeness (QED) is 0.667. The Kier molecular flexibility index (Phi) is 3.12. The maximum absolute atomic E-state index is 12.6. The third kappa shape index (κ3) is 1.96. The van der Waals surface area contributed by atoms with Crippen LogP contribution >= 0.6 is 0 Å². The average Bonchev–Trinajstić information content (AvgIpc) is 2.72. The predicted octanol–water partition coefficient (Wildman–Crippen LogP) is 2.15. The highest BCUT2D eigenvalue weighted by molar-refractivity contribution is 6.24. The number of hydrogen-bond donors (Lipinski definition) is 1. The average molecular weight is 285 g/mol. The summed E-state index contributed by atoms with van der Waals surface area (Å²) in [5, 5.41) is 9.32. The zero-order chi connectivity index (χ0) is 15.1. The standard InChI is InChI=1S/C16H15NO4/c1-9-5-4-8-12(16(20)21)13(9)17-14(18)10-6-2-3-7-11(10)15(17)19/h2-5,8,10-11H,6-7H2,1H3,(H,20,21)/t10-,11+. The second-order valence-corrected chi connectivity index (χ2v) is 5.44. The normalized spacial score (nSPS) is 24.3. The fourth-order valence-corrected chi connectivity index (χ4v) is 3.15. The summed E-state index contributed by atoms with van der Waals surface area (Å²) < 4.78 is 0. The van der Waals surface area contributed by atoms with E-state index in [9.17, 15) is 19.5 Å². The lowest BCUT2D eigenvalue weighted by molar-refractivity contribution is -0.122. The SMILES string of the molecule is Cc1cccc(C(=O)O)c1N1C(=O)[C@H]2CC=CC[C@H]2C1=O. The number of imide groups is 1. The van der Waals surface area contributed by atoms with Crippen LogP contribution in [-0.4, -0.2) is 22.9 Å². The Bertz CT molecular complexity index is 651. The topological polar surface area (TPSA) is 74.7 Å². The zero-order valence-corrected chi connectivity index (χ0v) is 11.6. The Labute approximate surface area is 121 Å². The molecule has 1 heterocycles. The summed E-state index contributed by atoms with van der Waals surface area (Å²) in [6.45, 7) is 1.71. The maximum Gasteiger partial charge on any atom is 0.337 e. The van der Waals surface area contributed by atoms with Crippen LogP contribution in [0.25, 0.3) is 0 Å². The number of nitrogens with zero attached hydrogens (tertiary/aromatic N) is 1. The van der Waals surface area contributed by atoms with Crippen molar-refractivity contribution >= 4 is 23.5 Å². The summed E-state index contributed by atoms with van der Waals surface area (Å²) in [7, 11) is 0. The van der Waals surface area contributed by atoms with E-state index in [-0.39, 0.29) is 34.9 Å². The number of carbonyl (C=O) groups is 3. The first-order chi connectivity index (χ1) is 10.0. The largest absolute Gasteiger partial charge is 0.478 e. The number of fused-ring (bicyclic) bond motifs is 1. The molecule has 21 heavy (non-hydrogen) atoms. The van der Waals surface area contributed by atoms with Crippen LogP contribution in [0.5, 0.6) is 0 Å².